The first-order valence-corrected chi connectivity index (χ1v) is 6.64. The number of aromatic nitrogens is 1. The van der Waals surface area contributed by atoms with E-state index in [9.17, 15) is 0 Å². The molecule has 2 heterocycles. The molecule has 1 aromatic rings. The van der Waals surface area contributed by atoms with Gasteiger partial charge in [0, 0.05) is 19.3 Å². The van der Waals surface area contributed by atoms with Crippen LogP contribution in [0.3, 0.4) is 0 Å². The highest BCUT2D eigenvalue weighted by Gasteiger charge is 2.24. The van der Waals surface area contributed by atoms with Gasteiger partial charge in [0.15, 0.2) is 0 Å². The Labute approximate surface area is 109 Å². The van der Waals surface area contributed by atoms with Crippen LogP contribution in [0, 0.1) is 5.92 Å². The molecule has 3 nitrogen and oxygen atoms in total. The summed E-state index contributed by atoms with van der Waals surface area (Å²) in [5.74, 6) is 1.69. The number of halogens is 2. The first kappa shape index (κ1) is 12.1. The number of hydrogen-bond acceptors (Lipinski definition) is 3. The summed E-state index contributed by atoms with van der Waals surface area (Å²) in [5.41, 5.74) is 5.58. The lowest BCUT2D eigenvalue weighted by Crippen LogP contribution is -2.21. The number of nitrogens with two attached hydrogens (primary N) is 1. The van der Waals surface area contributed by atoms with Crippen molar-refractivity contribution in [2.24, 2.45) is 11.7 Å². The Balaban J connectivity index is 2.08. The van der Waals surface area contributed by atoms with Gasteiger partial charge in [-0.05, 0) is 47.3 Å². The van der Waals surface area contributed by atoms with Crippen molar-refractivity contribution in [3.05, 3.63) is 21.8 Å². The molecule has 2 rings (SSSR count). The van der Waals surface area contributed by atoms with Crippen molar-refractivity contribution >= 4 is 33.3 Å². The summed E-state index contributed by atoms with van der Waals surface area (Å²) in [6, 6.07) is 1.89. The molecule has 0 aromatic carbocycles. The van der Waals surface area contributed by atoms with Crippen LogP contribution in [0.15, 0.2) is 16.7 Å². The third kappa shape index (κ3) is 2.67. The van der Waals surface area contributed by atoms with Crippen molar-refractivity contribution in [2.75, 3.05) is 24.5 Å². The number of rotatable bonds is 3. The fraction of sp³-hybridized carbons (Fsp3) is 0.545. The molecule has 1 atom stereocenters. The zero-order chi connectivity index (χ0) is 11.5. The number of hydrogen-bond donors (Lipinski definition) is 1. The van der Waals surface area contributed by atoms with Crippen molar-refractivity contribution < 1.29 is 0 Å². The van der Waals surface area contributed by atoms with Gasteiger partial charge in [-0.25, -0.2) is 4.98 Å². The highest BCUT2D eigenvalue weighted by molar-refractivity contribution is 9.10. The molecule has 0 aliphatic carbocycles. The Morgan fingerprint density at radius 3 is 3.12 bits per heavy atom. The molecule has 0 saturated carbocycles. The maximum absolute atomic E-state index is 5.87. The molecule has 5 heteroatoms. The van der Waals surface area contributed by atoms with E-state index >= 15 is 0 Å². The fourth-order valence-corrected chi connectivity index (χ4v) is 3.03. The monoisotopic (exact) mass is 303 g/mol. The molecule has 0 radical (unpaired) electrons. The molecule has 1 saturated heterocycles. The van der Waals surface area contributed by atoms with E-state index < -0.39 is 0 Å². The molecule has 1 aliphatic rings. The van der Waals surface area contributed by atoms with Crippen molar-refractivity contribution in [1.82, 2.24) is 4.98 Å². The van der Waals surface area contributed by atoms with Crippen LogP contribution < -0.4 is 10.6 Å². The normalized spacial score (nSPS) is 20.4. The Bertz CT molecular complexity index is 372. The van der Waals surface area contributed by atoms with Gasteiger partial charge in [-0.15, -0.1) is 0 Å². The van der Waals surface area contributed by atoms with Gasteiger partial charge in [0.05, 0.1) is 9.50 Å². The second-order valence-electron chi connectivity index (χ2n) is 4.14. The van der Waals surface area contributed by atoms with Crippen molar-refractivity contribution in [3.8, 4) is 0 Å². The summed E-state index contributed by atoms with van der Waals surface area (Å²) in [4.78, 5) is 6.66. The first-order chi connectivity index (χ1) is 7.70. The summed E-state index contributed by atoms with van der Waals surface area (Å²) in [7, 11) is 0. The number of pyridine rings is 1. The number of anilines is 1. The van der Waals surface area contributed by atoms with Crippen LogP contribution in [-0.4, -0.2) is 24.6 Å². The van der Waals surface area contributed by atoms with E-state index in [1.165, 1.54) is 6.42 Å². The molecular weight excluding hydrogens is 289 g/mol. The van der Waals surface area contributed by atoms with Crippen molar-refractivity contribution in [2.45, 2.75) is 12.8 Å². The second-order valence-corrected chi connectivity index (χ2v) is 5.43. The minimum Gasteiger partial charge on any atom is -0.355 e. The lowest BCUT2D eigenvalue weighted by Gasteiger charge is -2.18. The molecule has 1 fully saturated rings. The van der Waals surface area contributed by atoms with Crippen LogP contribution in [0.5, 0.6) is 0 Å². The van der Waals surface area contributed by atoms with Crippen LogP contribution in [0.25, 0.3) is 0 Å². The molecular formula is C11H15BrClN3. The Morgan fingerprint density at radius 2 is 2.44 bits per heavy atom. The molecule has 0 spiro atoms. The third-order valence-corrected chi connectivity index (χ3v) is 3.74. The van der Waals surface area contributed by atoms with E-state index in [4.69, 9.17) is 17.3 Å². The minimum atomic E-state index is 0.660. The van der Waals surface area contributed by atoms with E-state index in [1.807, 2.05) is 6.07 Å². The average Bonchev–Trinajstić information content (AvgIpc) is 2.67. The van der Waals surface area contributed by atoms with E-state index in [0.29, 0.717) is 10.9 Å². The van der Waals surface area contributed by atoms with Crippen LogP contribution >= 0.6 is 27.5 Å². The molecule has 88 valence electrons. The van der Waals surface area contributed by atoms with E-state index in [1.54, 1.807) is 6.20 Å². The lowest BCUT2D eigenvalue weighted by atomic mass is 10.1. The minimum absolute atomic E-state index is 0.660. The average molecular weight is 305 g/mol. The van der Waals surface area contributed by atoms with Gasteiger partial charge in [-0.2, -0.15) is 0 Å². The summed E-state index contributed by atoms with van der Waals surface area (Å²) < 4.78 is 0.966. The largest absolute Gasteiger partial charge is 0.355 e. The topological polar surface area (TPSA) is 42.1 Å². The van der Waals surface area contributed by atoms with E-state index in [0.717, 1.165) is 36.3 Å². The lowest BCUT2D eigenvalue weighted by molar-refractivity contribution is 0.546. The molecule has 1 aromatic heterocycles. The van der Waals surface area contributed by atoms with E-state index in [2.05, 4.69) is 25.8 Å². The summed E-state index contributed by atoms with van der Waals surface area (Å²) >= 11 is 9.38. The van der Waals surface area contributed by atoms with Crippen LogP contribution in [0.4, 0.5) is 5.82 Å². The fourth-order valence-electron chi connectivity index (χ4n) is 2.14. The van der Waals surface area contributed by atoms with Gasteiger partial charge in [-0.1, -0.05) is 11.6 Å². The van der Waals surface area contributed by atoms with Crippen LogP contribution in [-0.2, 0) is 0 Å². The molecule has 16 heavy (non-hydrogen) atoms. The first-order valence-electron chi connectivity index (χ1n) is 5.46. The molecule has 1 unspecified atom stereocenters. The smallest absolute Gasteiger partial charge is 0.142 e. The van der Waals surface area contributed by atoms with Gasteiger partial charge in [0.1, 0.15) is 5.82 Å². The standard InChI is InChI=1S/C11H15BrClN3/c12-10-5-9(13)6-15-11(10)16-4-2-8(7-16)1-3-14/h5-6,8H,1-4,7,14H2. The highest BCUT2D eigenvalue weighted by atomic mass is 79.9. The van der Waals surface area contributed by atoms with Gasteiger partial charge in [0.2, 0.25) is 0 Å². The molecule has 0 bridgehead atoms. The zero-order valence-electron chi connectivity index (χ0n) is 9.00. The predicted octanol–water partition coefficient (Wildman–Crippen LogP) is 2.67. The Morgan fingerprint density at radius 1 is 1.62 bits per heavy atom. The predicted molar refractivity (Wildman–Crippen MR) is 70.9 cm³/mol. The van der Waals surface area contributed by atoms with Gasteiger partial charge >= 0.3 is 0 Å². The molecule has 0 amide bonds. The third-order valence-electron chi connectivity index (χ3n) is 2.95. The summed E-state index contributed by atoms with van der Waals surface area (Å²) in [6.07, 6.45) is 3.99. The van der Waals surface area contributed by atoms with Crippen molar-refractivity contribution in [1.29, 1.82) is 0 Å². The quantitative estimate of drug-likeness (QED) is 0.933. The summed E-state index contributed by atoms with van der Waals surface area (Å²) in [6.45, 7) is 2.87. The van der Waals surface area contributed by atoms with Crippen LogP contribution in [0.2, 0.25) is 5.02 Å². The van der Waals surface area contributed by atoms with Crippen LogP contribution in [0.1, 0.15) is 12.8 Å². The van der Waals surface area contributed by atoms with E-state index in [-0.39, 0.29) is 0 Å². The molecule has 1 aliphatic heterocycles. The highest BCUT2D eigenvalue weighted by Crippen LogP contribution is 2.31. The summed E-state index contributed by atoms with van der Waals surface area (Å²) in [5, 5.41) is 0.660. The Kier molecular flexibility index (Phi) is 4.05. The van der Waals surface area contributed by atoms with Gasteiger partial charge < -0.3 is 10.6 Å². The maximum atomic E-state index is 5.87. The maximum Gasteiger partial charge on any atom is 0.142 e. The van der Waals surface area contributed by atoms with Gasteiger partial charge in [-0.3, -0.25) is 0 Å². The second kappa shape index (κ2) is 5.34. The SMILES string of the molecule is NCCC1CCN(c2ncc(Cl)cc2Br)C1. The Hall–Kier alpha value is -0.320. The number of nitrogens with zero attached hydrogens (tertiary/aromatic N) is 2. The zero-order valence-corrected chi connectivity index (χ0v) is 11.3. The van der Waals surface area contributed by atoms with Gasteiger partial charge in [0.25, 0.3) is 0 Å². The molecule has 2 N–H and O–H groups in total. The van der Waals surface area contributed by atoms with Crippen molar-refractivity contribution in [3.63, 3.8) is 0 Å².